The molecular weight excluding hydrogens is 216 g/mol. The topological polar surface area (TPSA) is 46.5 Å². The van der Waals surface area contributed by atoms with Gasteiger partial charge in [0.05, 0.1) is 6.42 Å². The van der Waals surface area contributed by atoms with E-state index in [9.17, 15) is 4.79 Å². The molecular formula is C14H12O3. The smallest absolute Gasteiger partial charge is 0.315 e. The summed E-state index contributed by atoms with van der Waals surface area (Å²) in [4.78, 5) is 11.6. The van der Waals surface area contributed by atoms with Crippen molar-refractivity contribution in [3.05, 3.63) is 60.2 Å². The Balaban J connectivity index is 1.96. The van der Waals surface area contributed by atoms with Gasteiger partial charge in [0.15, 0.2) is 0 Å². The monoisotopic (exact) mass is 228 g/mol. The summed E-state index contributed by atoms with van der Waals surface area (Å²) in [5.74, 6) is 0.406. The van der Waals surface area contributed by atoms with Gasteiger partial charge in [0.25, 0.3) is 0 Å². The second-order valence-electron chi connectivity index (χ2n) is 3.63. The van der Waals surface area contributed by atoms with E-state index >= 15 is 0 Å². The van der Waals surface area contributed by atoms with Gasteiger partial charge in [-0.05, 0) is 29.8 Å². The zero-order valence-corrected chi connectivity index (χ0v) is 9.17. The molecule has 0 aliphatic heterocycles. The Kier molecular flexibility index (Phi) is 3.40. The molecule has 0 amide bonds. The van der Waals surface area contributed by atoms with Gasteiger partial charge in [-0.1, -0.05) is 30.3 Å². The van der Waals surface area contributed by atoms with Crippen molar-refractivity contribution in [1.29, 1.82) is 0 Å². The second-order valence-corrected chi connectivity index (χ2v) is 3.63. The van der Waals surface area contributed by atoms with Gasteiger partial charge in [-0.25, -0.2) is 0 Å². The molecule has 17 heavy (non-hydrogen) atoms. The number of hydrogen-bond acceptors (Lipinski definition) is 3. The van der Waals surface area contributed by atoms with E-state index in [2.05, 4.69) is 0 Å². The standard InChI is InChI=1S/C14H12O3/c15-12-8-6-11(7-9-12)10-14(16)17-13-4-2-1-3-5-13/h1-9,15H,10H2. The number of phenols is 1. The van der Waals surface area contributed by atoms with Crippen LogP contribution < -0.4 is 4.74 Å². The van der Waals surface area contributed by atoms with Crippen LogP contribution in [0.5, 0.6) is 11.5 Å². The first kappa shape index (κ1) is 11.2. The number of rotatable bonds is 3. The molecule has 0 radical (unpaired) electrons. The van der Waals surface area contributed by atoms with Crippen LogP contribution in [0.15, 0.2) is 54.6 Å². The van der Waals surface area contributed by atoms with Gasteiger partial charge in [-0.15, -0.1) is 0 Å². The van der Waals surface area contributed by atoms with E-state index in [1.54, 1.807) is 36.4 Å². The van der Waals surface area contributed by atoms with E-state index in [1.165, 1.54) is 0 Å². The van der Waals surface area contributed by atoms with Gasteiger partial charge in [0.1, 0.15) is 11.5 Å². The lowest BCUT2D eigenvalue weighted by atomic mass is 10.1. The summed E-state index contributed by atoms with van der Waals surface area (Å²) in [6, 6.07) is 15.4. The van der Waals surface area contributed by atoms with Crippen LogP contribution in [-0.4, -0.2) is 11.1 Å². The highest BCUT2D eigenvalue weighted by Gasteiger charge is 2.05. The number of benzene rings is 2. The van der Waals surface area contributed by atoms with E-state index in [0.717, 1.165) is 5.56 Å². The predicted octanol–water partition coefficient (Wildman–Crippen LogP) is 2.54. The number of ether oxygens (including phenoxy) is 1. The first-order valence-corrected chi connectivity index (χ1v) is 5.28. The maximum Gasteiger partial charge on any atom is 0.315 e. The average Bonchev–Trinajstić information content (AvgIpc) is 2.33. The van der Waals surface area contributed by atoms with Gasteiger partial charge >= 0.3 is 5.97 Å². The van der Waals surface area contributed by atoms with E-state index in [0.29, 0.717) is 5.75 Å². The maximum atomic E-state index is 11.6. The summed E-state index contributed by atoms with van der Waals surface area (Å²) in [5.41, 5.74) is 0.809. The summed E-state index contributed by atoms with van der Waals surface area (Å²) >= 11 is 0. The number of aromatic hydroxyl groups is 1. The molecule has 2 aromatic rings. The molecule has 2 rings (SSSR count). The molecule has 0 saturated heterocycles. The molecule has 2 aromatic carbocycles. The fourth-order valence-corrected chi connectivity index (χ4v) is 1.44. The minimum Gasteiger partial charge on any atom is -0.508 e. The Labute approximate surface area is 99.3 Å². The van der Waals surface area contributed by atoms with E-state index in [4.69, 9.17) is 9.84 Å². The fourth-order valence-electron chi connectivity index (χ4n) is 1.44. The van der Waals surface area contributed by atoms with Crippen LogP contribution in [0.2, 0.25) is 0 Å². The van der Waals surface area contributed by atoms with Crippen molar-refractivity contribution in [2.45, 2.75) is 6.42 Å². The highest BCUT2D eigenvalue weighted by Crippen LogP contribution is 2.12. The van der Waals surface area contributed by atoms with Gasteiger partial charge in [0, 0.05) is 0 Å². The van der Waals surface area contributed by atoms with E-state index in [-0.39, 0.29) is 18.1 Å². The highest BCUT2D eigenvalue weighted by molar-refractivity contribution is 5.75. The summed E-state index contributed by atoms with van der Waals surface area (Å²) in [5, 5.41) is 9.11. The fraction of sp³-hybridized carbons (Fsp3) is 0.0714. The lowest BCUT2D eigenvalue weighted by Crippen LogP contribution is -2.10. The molecule has 0 aliphatic rings. The number of carbonyl (C=O) groups excluding carboxylic acids is 1. The number of esters is 1. The van der Waals surface area contributed by atoms with E-state index < -0.39 is 0 Å². The number of hydrogen-bond donors (Lipinski definition) is 1. The molecule has 86 valence electrons. The van der Waals surface area contributed by atoms with Gasteiger partial charge in [-0.2, -0.15) is 0 Å². The highest BCUT2D eigenvalue weighted by atomic mass is 16.5. The van der Waals surface area contributed by atoms with Gasteiger partial charge < -0.3 is 9.84 Å². The van der Waals surface area contributed by atoms with Crippen LogP contribution in [0.1, 0.15) is 5.56 Å². The van der Waals surface area contributed by atoms with Crippen LogP contribution in [0.3, 0.4) is 0 Å². The summed E-state index contributed by atoms with van der Waals surface area (Å²) in [6.45, 7) is 0. The zero-order valence-electron chi connectivity index (χ0n) is 9.17. The van der Waals surface area contributed by atoms with Crippen LogP contribution in [0.25, 0.3) is 0 Å². The van der Waals surface area contributed by atoms with Crippen LogP contribution in [0, 0.1) is 0 Å². The molecule has 0 spiro atoms. The second kappa shape index (κ2) is 5.16. The van der Waals surface area contributed by atoms with Crippen molar-refractivity contribution >= 4 is 5.97 Å². The van der Waals surface area contributed by atoms with Crippen LogP contribution >= 0.6 is 0 Å². The average molecular weight is 228 g/mol. The third-order valence-corrected chi connectivity index (χ3v) is 2.26. The molecule has 0 heterocycles. The quantitative estimate of drug-likeness (QED) is 0.648. The molecule has 0 saturated carbocycles. The molecule has 1 N–H and O–H groups in total. The molecule has 0 aliphatic carbocycles. The molecule has 0 unspecified atom stereocenters. The lowest BCUT2D eigenvalue weighted by Gasteiger charge is -2.04. The summed E-state index contributed by atoms with van der Waals surface area (Å²) in [6.07, 6.45) is 0.190. The van der Waals surface area contributed by atoms with Crippen molar-refractivity contribution in [2.24, 2.45) is 0 Å². The third-order valence-electron chi connectivity index (χ3n) is 2.26. The Morgan fingerprint density at radius 2 is 1.65 bits per heavy atom. The molecule has 3 heteroatoms. The predicted molar refractivity (Wildman–Crippen MR) is 63.9 cm³/mol. The summed E-state index contributed by atoms with van der Waals surface area (Å²) < 4.78 is 5.15. The number of phenolic OH excluding ortho intramolecular Hbond substituents is 1. The van der Waals surface area contributed by atoms with Crippen molar-refractivity contribution in [2.75, 3.05) is 0 Å². The van der Waals surface area contributed by atoms with Crippen LogP contribution in [0.4, 0.5) is 0 Å². The molecule has 0 aromatic heterocycles. The molecule has 0 bridgehead atoms. The molecule has 0 fully saturated rings. The van der Waals surface area contributed by atoms with Crippen molar-refractivity contribution in [3.63, 3.8) is 0 Å². The van der Waals surface area contributed by atoms with Crippen molar-refractivity contribution < 1.29 is 14.6 Å². The van der Waals surface area contributed by atoms with Crippen molar-refractivity contribution in [1.82, 2.24) is 0 Å². The lowest BCUT2D eigenvalue weighted by molar-refractivity contribution is -0.133. The minimum absolute atomic E-state index is 0.185. The van der Waals surface area contributed by atoms with Gasteiger partial charge in [0.2, 0.25) is 0 Å². The van der Waals surface area contributed by atoms with Crippen molar-refractivity contribution in [3.8, 4) is 11.5 Å². The molecule has 3 nitrogen and oxygen atoms in total. The number of para-hydroxylation sites is 1. The Bertz CT molecular complexity index is 489. The first-order valence-electron chi connectivity index (χ1n) is 5.28. The Hall–Kier alpha value is -2.29. The minimum atomic E-state index is -0.318. The summed E-state index contributed by atoms with van der Waals surface area (Å²) in [7, 11) is 0. The van der Waals surface area contributed by atoms with Gasteiger partial charge in [-0.3, -0.25) is 4.79 Å². The Morgan fingerprint density at radius 1 is 1.00 bits per heavy atom. The SMILES string of the molecule is O=C(Cc1ccc(O)cc1)Oc1ccccc1. The normalized spacial score (nSPS) is 9.88. The molecule has 0 atom stereocenters. The zero-order chi connectivity index (χ0) is 12.1. The first-order chi connectivity index (χ1) is 8.24. The maximum absolute atomic E-state index is 11.6. The van der Waals surface area contributed by atoms with E-state index in [1.807, 2.05) is 18.2 Å². The largest absolute Gasteiger partial charge is 0.508 e. The number of carbonyl (C=O) groups is 1. The Morgan fingerprint density at radius 3 is 2.29 bits per heavy atom. The van der Waals surface area contributed by atoms with Crippen LogP contribution in [-0.2, 0) is 11.2 Å². The third kappa shape index (κ3) is 3.34.